The van der Waals surface area contributed by atoms with Gasteiger partial charge in [0.1, 0.15) is 22.6 Å². The molecule has 8 nitrogen and oxygen atoms in total. The van der Waals surface area contributed by atoms with Crippen LogP contribution in [0, 0.1) is 0 Å². The number of nitrogens with zero attached hydrogens (tertiary/aromatic N) is 3. The molecule has 0 bridgehead atoms. The van der Waals surface area contributed by atoms with Gasteiger partial charge in [-0.05, 0) is 37.1 Å². The minimum atomic E-state index is -0.295. The molecule has 1 fully saturated rings. The fourth-order valence-corrected chi connectivity index (χ4v) is 4.04. The number of carbonyl (C=O) groups is 1. The molecule has 0 aliphatic carbocycles. The second kappa shape index (κ2) is 7.88. The number of hydrogen-bond donors (Lipinski definition) is 2. The molecule has 2 aromatic heterocycles. The molecule has 3 heterocycles. The van der Waals surface area contributed by atoms with E-state index in [4.69, 9.17) is 25.2 Å². The first-order valence-corrected chi connectivity index (χ1v) is 10.3. The summed E-state index contributed by atoms with van der Waals surface area (Å²) in [5, 5.41) is 2.96. The highest BCUT2D eigenvalue weighted by Crippen LogP contribution is 2.34. The number of hydrogen-bond acceptors (Lipinski definition) is 6. The number of nitrogen functional groups attached to an aromatic ring is 1. The van der Waals surface area contributed by atoms with Crippen molar-refractivity contribution in [1.29, 1.82) is 0 Å². The second-order valence-corrected chi connectivity index (χ2v) is 7.50. The van der Waals surface area contributed by atoms with Crippen molar-refractivity contribution in [3.8, 4) is 11.4 Å². The Kier molecular flexibility index (Phi) is 4.91. The van der Waals surface area contributed by atoms with Crippen molar-refractivity contribution in [2.24, 2.45) is 0 Å². The van der Waals surface area contributed by atoms with Crippen LogP contribution in [0.25, 0.3) is 27.9 Å². The zero-order valence-corrected chi connectivity index (χ0v) is 17.2. The molecule has 8 heteroatoms. The molecule has 1 amide bonds. The average molecular weight is 417 g/mol. The lowest BCUT2D eigenvalue weighted by Gasteiger charge is -2.13. The summed E-state index contributed by atoms with van der Waals surface area (Å²) >= 11 is 0. The molecule has 3 N–H and O–H groups in total. The van der Waals surface area contributed by atoms with Gasteiger partial charge in [-0.25, -0.2) is 9.97 Å². The van der Waals surface area contributed by atoms with E-state index in [0.29, 0.717) is 40.2 Å². The molecule has 4 aromatic rings. The lowest BCUT2D eigenvalue weighted by atomic mass is 10.2. The molecule has 158 valence electrons. The summed E-state index contributed by atoms with van der Waals surface area (Å²) in [6.07, 6.45) is 1.97. The highest BCUT2D eigenvalue weighted by molar-refractivity contribution is 6.11. The molecule has 0 radical (unpaired) electrons. The molecule has 0 spiro atoms. The minimum absolute atomic E-state index is 0.0275. The van der Waals surface area contributed by atoms with Crippen LogP contribution >= 0.6 is 0 Å². The van der Waals surface area contributed by atoms with Crippen LogP contribution in [0.1, 0.15) is 23.2 Å². The third-order valence-electron chi connectivity index (χ3n) is 5.57. The summed E-state index contributed by atoms with van der Waals surface area (Å²) in [4.78, 5) is 22.7. The topological polar surface area (TPSA) is 104 Å². The molecule has 1 atom stereocenters. The van der Waals surface area contributed by atoms with Crippen LogP contribution < -0.4 is 15.8 Å². The molecule has 31 heavy (non-hydrogen) atoms. The van der Waals surface area contributed by atoms with E-state index < -0.39 is 0 Å². The third-order valence-corrected chi connectivity index (χ3v) is 5.57. The Bertz CT molecular complexity index is 1280. The molecule has 1 saturated heterocycles. The predicted octanol–water partition coefficient (Wildman–Crippen LogP) is 3.07. The highest BCUT2D eigenvalue weighted by atomic mass is 16.5. The largest absolute Gasteiger partial charge is 0.495 e. The number of aromatic nitrogens is 3. The van der Waals surface area contributed by atoms with Crippen molar-refractivity contribution in [3.05, 3.63) is 54.1 Å². The van der Waals surface area contributed by atoms with Crippen molar-refractivity contribution in [3.63, 3.8) is 0 Å². The smallest absolute Gasteiger partial charge is 0.257 e. The van der Waals surface area contributed by atoms with Crippen LogP contribution in [0.2, 0.25) is 0 Å². The van der Waals surface area contributed by atoms with Crippen LogP contribution in [0.5, 0.6) is 5.75 Å². The Hall–Kier alpha value is -3.65. The van der Waals surface area contributed by atoms with E-state index in [-0.39, 0.29) is 17.8 Å². The summed E-state index contributed by atoms with van der Waals surface area (Å²) in [7, 11) is 1.59. The van der Waals surface area contributed by atoms with Gasteiger partial charge in [-0.1, -0.05) is 24.3 Å². The minimum Gasteiger partial charge on any atom is -0.495 e. The Balaban J connectivity index is 1.69. The zero-order valence-electron chi connectivity index (χ0n) is 17.2. The molecule has 5 rings (SSSR count). The van der Waals surface area contributed by atoms with Crippen molar-refractivity contribution < 1.29 is 14.3 Å². The van der Waals surface area contributed by atoms with E-state index in [2.05, 4.69) is 5.32 Å². The number of rotatable bonds is 5. The molecule has 0 unspecified atom stereocenters. The third kappa shape index (κ3) is 3.34. The summed E-state index contributed by atoms with van der Waals surface area (Å²) < 4.78 is 12.9. The Morgan fingerprint density at radius 3 is 2.68 bits per heavy atom. The van der Waals surface area contributed by atoms with Gasteiger partial charge in [-0.2, -0.15) is 0 Å². The predicted molar refractivity (Wildman–Crippen MR) is 119 cm³/mol. The molecular weight excluding hydrogens is 394 g/mol. The SMILES string of the molecule is COc1ccccc1-n1c(N)c(C(=O)NC[C@H]2CCCO2)c2nc3ccccc3nc21. The van der Waals surface area contributed by atoms with Crippen molar-refractivity contribution in [2.45, 2.75) is 18.9 Å². The van der Waals surface area contributed by atoms with E-state index in [1.165, 1.54) is 0 Å². The van der Waals surface area contributed by atoms with Gasteiger partial charge in [-0.3, -0.25) is 9.36 Å². The van der Waals surface area contributed by atoms with Crippen LogP contribution in [0.15, 0.2) is 48.5 Å². The van der Waals surface area contributed by atoms with Gasteiger partial charge in [-0.15, -0.1) is 0 Å². The van der Waals surface area contributed by atoms with Crippen LogP contribution in [-0.2, 0) is 4.74 Å². The number of fused-ring (bicyclic) bond motifs is 2. The van der Waals surface area contributed by atoms with E-state index in [9.17, 15) is 4.79 Å². The summed E-state index contributed by atoms with van der Waals surface area (Å²) in [5.41, 5.74) is 9.91. The van der Waals surface area contributed by atoms with E-state index >= 15 is 0 Å². The first-order valence-electron chi connectivity index (χ1n) is 10.3. The van der Waals surface area contributed by atoms with Gasteiger partial charge in [0.05, 0.1) is 29.9 Å². The fraction of sp³-hybridized carbons (Fsp3) is 0.261. The number of methoxy groups -OCH3 is 1. The first-order chi connectivity index (χ1) is 15.2. The number of nitrogens with two attached hydrogens (primary N) is 1. The van der Waals surface area contributed by atoms with Crippen LogP contribution in [0.3, 0.4) is 0 Å². The monoisotopic (exact) mass is 417 g/mol. The quantitative estimate of drug-likeness (QED) is 0.517. The lowest BCUT2D eigenvalue weighted by molar-refractivity contribution is 0.0859. The van der Waals surface area contributed by atoms with Crippen molar-refractivity contribution in [1.82, 2.24) is 19.9 Å². The highest BCUT2D eigenvalue weighted by Gasteiger charge is 2.27. The Morgan fingerprint density at radius 1 is 1.19 bits per heavy atom. The maximum absolute atomic E-state index is 13.2. The average Bonchev–Trinajstić information content (AvgIpc) is 3.41. The van der Waals surface area contributed by atoms with Crippen molar-refractivity contribution >= 4 is 33.9 Å². The van der Waals surface area contributed by atoms with E-state index in [1.54, 1.807) is 11.7 Å². The molecule has 0 saturated carbocycles. The summed E-state index contributed by atoms with van der Waals surface area (Å²) in [5.74, 6) is 0.586. The number of nitrogens with one attached hydrogen (secondary N) is 1. The van der Waals surface area contributed by atoms with Gasteiger partial charge in [0.2, 0.25) is 0 Å². The number of benzene rings is 2. The molecular formula is C23H23N5O3. The first kappa shape index (κ1) is 19.3. The number of ether oxygens (including phenoxy) is 2. The molecule has 1 aliphatic heterocycles. The van der Waals surface area contributed by atoms with Gasteiger partial charge < -0.3 is 20.5 Å². The summed E-state index contributed by atoms with van der Waals surface area (Å²) in [6, 6.07) is 15.0. The van der Waals surface area contributed by atoms with Crippen LogP contribution in [0.4, 0.5) is 5.82 Å². The number of carbonyl (C=O) groups excluding carboxylic acids is 1. The van der Waals surface area contributed by atoms with Crippen molar-refractivity contribution in [2.75, 3.05) is 26.0 Å². The van der Waals surface area contributed by atoms with E-state index in [0.717, 1.165) is 25.0 Å². The number of anilines is 1. The Morgan fingerprint density at radius 2 is 1.94 bits per heavy atom. The standard InChI is InChI=1S/C23H23N5O3/c1-30-18-11-5-4-10-17(18)28-21(24)19(23(29)25-13-14-7-6-12-31-14)20-22(28)27-16-9-3-2-8-15(16)26-20/h2-5,8-11,14H,6-7,12-13,24H2,1H3,(H,25,29)/t14-/m1/s1. The number of amides is 1. The van der Waals surface area contributed by atoms with E-state index in [1.807, 2.05) is 48.5 Å². The molecule has 2 aromatic carbocycles. The van der Waals surface area contributed by atoms with Gasteiger partial charge in [0, 0.05) is 13.2 Å². The summed E-state index contributed by atoms with van der Waals surface area (Å²) in [6.45, 7) is 1.16. The van der Waals surface area contributed by atoms with Gasteiger partial charge in [0.15, 0.2) is 5.65 Å². The fourth-order valence-electron chi connectivity index (χ4n) is 4.04. The molecule has 1 aliphatic rings. The maximum Gasteiger partial charge on any atom is 0.257 e. The second-order valence-electron chi connectivity index (χ2n) is 7.50. The van der Waals surface area contributed by atoms with Gasteiger partial charge in [0.25, 0.3) is 5.91 Å². The normalized spacial score (nSPS) is 16.1. The lowest BCUT2D eigenvalue weighted by Crippen LogP contribution is -2.32. The number of para-hydroxylation sites is 4. The zero-order chi connectivity index (χ0) is 21.4. The van der Waals surface area contributed by atoms with Crippen LogP contribution in [-0.4, -0.2) is 46.8 Å². The maximum atomic E-state index is 13.2. The Labute approximate surface area is 179 Å². The van der Waals surface area contributed by atoms with Gasteiger partial charge >= 0.3 is 0 Å².